The number of carbonyl (C=O) groups excluding carboxylic acids is 1. The summed E-state index contributed by atoms with van der Waals surface area (Å²) >= 11 is 0. The highest BCUT2D eigenvalue weighted by Gasteiger charge is 2.13. The molecular weight excluding hydrogens is 249 g/mol. The number of hydrogen-bond donors (Lipinski definition) is 2. The van der Waals surface area contributed by atoms with Gasteiger partial charge in [0.15, 0.2) is 0 Å². The first-order valence-electron chi connectivity index (χ1n) is 5.84. The molecule has 0 aliphatic heterocycles. The van der Waals surface area contributed by atoms with Crippen LogP contribution in [0.15, 0.2) is 40.8 Å². The zero-order valence-electron chi connectivity index (χ0n) is 10.4. The number of benzene rings is 1. The number of hydrogen-bond acceptors (Lipinski definition) is 3. The van der Waals surface area contributed by atoms with Crippen LogP contribution in [0.25, 0.3) is 0 Å². The summed E-state index contributed by atoms with van der Waals surface area (Å²) in [5.41, 5.74) is 0.211. The third-order valence-electron chi connectivity index (χ3n) is 2.63. The van der Waals surface area contributed by atoms with E-state index >= 15 is 0 Å². The van der Waals surface area contributed by atoms with Gasteiger partial charge in [0, 0.05) is 5.56 Å². The van der Waals surface area contributed by atoms with E-state index in [4.69, 9.17) is 4.42 Å². The summed E-state index contributed by atoms with van der Waals surface area (Å²) in [6.45, 7) is 1.77. The minimum Gasteiger partial charge on any atom is -0.464 e. The van der Waals surface area contributed by atoms with Gasteiger partial charge in [-0.2, -0.15) is 0 Å². The first kappa shape index (κ1) is 13.3. The Kier molecular flexibility index (Phi) is 3.97. The Morgan fingerprint density at radius 1 is 1.42 bits per heavy atom. The van der Waals surface area contributed by atoms with Crippen molar-refractivity contribution >= 4 is 5.91 Å². The van der Waals surface area contributed by atoms with Crippen molar-refractivity contribution in [1.29, 1.82) is 0 Å². The summed E-state index contributed by atoms with van der Waals surface area (Å²) in [6.07, 6.45) is -0.925. The number of aliphatic hydroxyl groups is 1. The zero-order valence-corrected chi connectivity index (χ0v) is 10.4. The van der Waals surface area contributed by atoms with Crippen LogP contribution in [-0.4, -0.2) is 17.6 Å². The van der Waals surface area contributed by atoms with Crippen molar-refractivity contribution in [3.05, 3.63) is 59.3 Å². The molecule has 2 aromatic rings. The molecule has 2 rings (SSSR count). The van der Waals surface area contributed by atoms with Gasteiger partial charge in [0.2, 0.25) is 0 Å². The van der Waals surface area contributed by atoms with Gasteiger partial charge >= 0.3 is 0 Å². The van der Waals surface area contributed by atoms with Crippen molar-refractivity contribution in [2.45, 2.75) is 13.0 Å². The van der Waals surface area contributed by atoms with Gasteiger partial charge in [-0.15, -0.1) is 0 Å². The van der Waals surface area contributed by atoms with Crippen LogP contribution < -0.4 is 5.32 Å². The van der Waals surface area contributed by atoms with E-state index in [9.17, 15) is 14.3 Å². The second-order valence-corrected chi connectivity index (χ2v) is 4.18. The van der Waals surface area contributed by atoms with E-state index in [0.29, 0.717) is 11.5 Å². The van der Waals surface area contributed by atoms with Gasteiger partial charge in [0.25, 0.3) is 5.91 Å². The second-order valence-electron chi connectivity index (χ2n) is 4.18. The molecule has 1 atom stereocenters. The number of nitrogens with one attached hydrogen (secondary N) is 1. The standard InChI is InChI=1S/C14H14FNO3/c1-9-5-6-13(19-9)12(17)8-16-14(18)10-3-2-4-11(15)7-10/h2-7,12,17H,8H2,1H3,(H,16,18). The highest BCUT2D eigenvalue weighted by Crippen LogP contribution is 2.15. The van der Waals surface area contributed by atoms with Crippen molar-refractivity contribution in [2.75, 3.05) is 6.54 Å². The van der Waals surface area contributed by atoms with Crippen LogP contribution in [0.2, 0.25) is 0 Å². The first-order chi connectivity index (χ1) is 9.06. The van der Waals surface area contributed by atoms with E-state index in [1.54, 1.807) is 19.1 Å². The highest BCUT2D eigenvalue weighted by molar-refractivity contribution is 5.94. The summed E-state index contributed by atoms with van der Waals surface area (Å²) < 4.78 is 18.2. The molecule has 1 heterocycles. The lowest BCUT2D eigenvalue weighted by molar-refractivity contribution is 0.0900. The Morgan fingerprint density at radius 3 is 2.84 bits per heavy atom. The normalized spacial score (nSPS) is 12.2. The third kappa shape index (κ3) is 3.42. The quantitative estimate of drug-likeness (QED) is 0.888. The maximum Gasteiger partial charge on any atom is 0.251 e. The topological polar surface area (TPSA) is 62.5 Å². The Hall–Kier alpha value is -2.14. The molecule has 0 aliphatic carbocycles. The Bertz CT molecular complexity index is 580. The fourth-order valence-electron chi connectivity index (χ4n) is 1.65. The van der Waals surface area contributed by atoms with Gasteiger partial charge < -0.3 is 14.8 Å². The number of aryl methyl sites for hydroxylation is 1. The summed E-state index contributed by atoms with van der Waals surface area (Å²) in [5.74, 6) is 0.152. The molecule has 0 aliphatic rings. The van der Waals surface area contributed by atoms with E-state index in [1.165, 1.54) is 18.2 Å². The molecule has 0 radical (unpaired) electrons. The molecule has 0 saturated heterocycles. The molecule has 0 spiro atoms. The number of carbonyl (C=O) groups is 1. The average Bonchev–Trinajstić information content (AvgIpc) is 2.82. The minimum atomic E-state index is -0.925. The lowest BCUT2D eigenvalue weighted by atomic mass is 10.2. The first-order valence-corrected chi connectivity index (χ1v) is 5.84. The SMILES string of the molecule is Cc1ccc(C(O)CNC(=O)c2cccc(F)c2)o1. The number of aliphatic hydroxyl groups excluding tert-OH is 1. The van der Waals surface area contributed by atoms with Crippen LogP contribution in [0, 0.1) is 12.7 Å². The van der Waals surface area contributed by atoms with Crippen molar-refractivity contribution < 1.29 is 18.7 Å². The predicted octanol–water partition coefficient (Wildman–Crippen LogP) is 2.19. The van der Waals surface area contributed by atoms with Crippen molar-refractivity contribution in [3.8, 4) is 0 Å². The molecule has 1 unspecified atom stereocenters. The monoisotopic (exact) mass is 263 g/mol. The van der Waals surface area contributed by atoms with E-state index in [1.807, 2.05) is 0 Å². The largest absolute Gasteiger partial charge is 0.464 e. The number of rotatable bonds is 4. The smallest absolute Gasteiger partial charge is 0.251 e. The molecule has 4 nitrogen and oxygen atoms in total. The van der Waals surface area contributed by atoms with Gasteiger partial charge in [0.1, 0.15) is 23.4 Å². The van der Waals surface area contributed by atoms with Gasteiger partial charge in [-0.05, 0) is 37.3 Å². The van der Waals surface area contributed by atoms with E-state index < -0.39 is 17.8 Å². The molecule has 0 saturated carbocycles. The molecule has 1 aromatic heterocycles. The van der Waals surface area contributed by atoms with Crippen molar-refractivity contribution in [3.63, 3.8) is 0 Å². The Labute approximate surface area is 109 Å². The van der Waals surface area contributed by atoms with Crippen LogP contribution >= 0.6 is 0 Å². The van der Waals surface area contributed by atoms with Gasteiger partial charge in [-0.25, -0.2) is 4.39 Å². The molecule has 2 N–H and O–H groups in total. The Balaban J connectivity index is 1.93. The maximum absolute atomic E-state index is 12.9. The molecule has 5 heteroatoms. The molecular formula is C14H14FNO3. The van der Waals surface area contributed by atoms with Gasteiger partial charge in [0.05, 0.1) is 6.54 Å². The van der Waals surface area contributed by atoms with Crippen molar-refractivity contribution in [1.82, 2.24) is 5.32 Å². The average molecular weight is 263 g/mol. The summed E-state index contributed by atoms with van der Waals surface area (Å²) in [7, 11) is 0. The highest BCUT2D eigenvalue weighted by atomic mass is 19.1. The zero-order chi connectivity index (χ0) is 13.8. The lowest BCUT2D eigenvalue weighted by Crippen LogP contribution is -2.28. The van der Waals surface area contributed by atoms with Crippen LogP contribution in [0.5, 0.6) is 0 Å². The molecule has 1 amide bonds. The van der Waals surface area contributed by atoms with E-state index in [0.717, 1.165) is 6.07 Å². The predicted molar refractivity (Wildman–Crippen MR) is 67.1 cm³/mol. The summed E-state index contributed by atoms with van der Waals surface area (Å²) in [5, 5.41) is 12.3. The van der Waals surface area contributed by atoms with Crippen LogP contribution in [0.3, 0.4) is 0 Å². The van der Waals surface area contributed by atoms with E-state index in [2.05, 4.69) is 5.32 Å². The molecule has 0 bridgehead atoms. The third-order valence-corrected chi connectivity index (χ3v) is 2.63. The number of halogens is 1. The molecule has 1 aromatic carbocycles. The lowest BCUT2D eigenvalue weighted by Gasteiger charge is -2.09. The number of amides is 1. The second kappa shape index (κ2) is 5.67. The van der Waals surface area contributed by atoms with Crippen LogP contribution in [0.1, 0.15) is 28.0 Å². The fraction of sp³-hybridized carbons (Fsp3) is 0.214. The number of furan rings is 1. The van der Waals surface area contributed by atoms with Gasteiger partial charge in [-0.3, -0.25) is 4.79 Å². The fourth-order valence-corrected chi connectivity index (χ4v) is 1.65. The Morgan fingerprint density at radius 2 is 2.21 bits per heavy atom. The maximum atomic E-state index is 12.9. The van der Waals surface area contributed by atoms with Crippen LogP contribution in [0.4, 0.5) is 4.39 Å². The molecule has 100 valence electrons. The summed E-state index contributed by atoms with van der Waals surface area (Å²) in [4.78, 5) is 11.7. The van der Waals surface area contributed by atoms with E-state index in [-0.39, 0.29) is 12.1 Å². The van der Waals surface area contributed by atoms with Gasteiger partial charge in [-0.1, -0.05) is 6.07 Å². The molecule has 19 heavy (non-hydrogen) atoms. The molecule has 0 fully saturated rings. The summed E-state index contributed by atoms with van der Waals surface area (Å²) in [6, 6.07) is 8.73. The minimum absolute atomic E-state index is 0.00228. The van der Waals surface area contributed by atoms with Crippen LogP contribution in [-0.2, 0) is 0 Å². The van der Waals surface area contributed by atoms with Crippen molar-refractivity contribution in [2.24, 2.45) is 0 Å².